The number of aromatic nitrogens is 1. The zero-order valence-electron chi connectivity index (χ0n) is 7.65. The van der Waals surface area contributed by atoms with Gasteiger partial charge >= 0.3 is 0 Å². The van der Waals surface area contributed by atoms with Gasteiger partial charge in [0.1, 0.15) is 11.6 Å². The van der Waals surface area contributed by atoms with Gasteiger partial charge in [-0.2, -0.15) is 0 Å². The van der Waals surface area contributed by atoms with Gasteiger partial charge in [0.15, 0.2) is 11.6 Å². The predicted octanol–water partition coefficient (Wildman–Crippen LogP) is 3.15. The van der Waals surface area contributed by atoms with Gasteiger partial charge in [-0.15, -0.1) is 0 Å². The van der Waals surface area contributed by atoms with Gasteiger partial charge in [0, 0.05) is 12.3 Å². The van der Waals surface area contributed by atoms with Crippen molar-refractivity contribution in [2.75, 3.05) is 0 Å². The first-order valence-electron chi connectivity index (χ1n) is 4.28. The molecule has 0 aliphatic carbocycles. The number of rotatable bonds is 2. The van der Waals surface area contributed by atoms with E-state index in [1.807, 2.05) is 0 Å². The highest BCUT2D eigenvalue weighted by Crippen LogP contribution is 2.24. The van der Waals surface area contributed by atoms with Gasteiger partial charge in [-0.1, -0.05) is 0 Å². The van der Waals surface area contributed by atoms with Crippen LogP contribution in [0.25, 0.3) is 0 Å². The van der Waals surface area contributed by atoms with Crippen molar-refractivity contribution < 1.29 is 13.5 Å². The van der Waals surface area contributed by atoms with Crippen LogP contribution in [0.3, 0.4) is 0 Å². The maximum absolute atomic E-state index is 13.1. The fourth-order valence-electron chi connectivity index (χ4n) is 1.09. The minimum absolute atomic E-state index is 0.150. The molecule has 0 N–H and O–H groups in total. The topological polar surface area (TPSA) is 22.1 Å². The van der Waals surface area contributed by atoms with Crippen molar-refractivity contribution in [2.24, 2.45) is 0 Å². The molecule has 1 aromatic heterocycles. The highest BCUT2D eigenvalue weighted by molar-refractivity contribution is 5.30. The highest BCUT2D eigenvalue weighted by atomic mass is 19.1. The molecule has 2 rings (SSSR count). The summed E-state index contributed by atoms with van der Waals surface area (Å²) in [5.74, 6) is -0.944. The van der Waals surface area contributed by atoms with E-state index < -0.39 is 11.6 Å². The third-order valence-electron chi connectivity index (χ3n) is 1.76. The number of hydrogen-bond donors (Lipinski definition) is 0. The van der Waals surface area contributed by atoms with E-state index in [9.17, 15) is 8.78 Å². The third kappa shape index (κ3) is 2.28. The molecule has 0 saturated heterocycles. The van der Waals surface area contributed by atoms with Gasteiger partial charge in [-0.25, -0.2) is 8.78 Å². The summed E-state index contributed by atoms with van der Waals surface area (Å²) in [6, 6.07) is 6.29. The quantitative estimate of drug-likeness (QED) is 0.754. The van der Waals surface area contributed by atoms with Crippen LogP contribution in [0, 0.1) is 11.6 Å². The molecule has 0 radical (unpaired) electrons. The van der Waals surface area contributed by atoms with Crippen molar-refractivity contribution in [3.05, 3.63) is 54.4 Å². The van der Waals surface area contributed by atoms with Crippen molar-refractivity contribution >= 4 is 0 Å². The van der Waals surface area contributed by atoms with E-state index in [0.717, 1.165) is 18.2 Å². The fourth-order valence-corrected chi connectivity index (χ4v) is 1.09. The van der Waals surface area contributed by atoms with Crippen molar-refractivity contribution in [1.29, 1.82) is 0 Å². The molecule has 0 spiro atoms. The second-order valence-corrected chi connectivity index (χ2v) is 2.87. The summed E-state index contributed by atoms with van der Waals surface area (Å²) in [6.07, 6.45) is 2.99. The molecule has 0 bridgehead atoms. The molecule has 0 unspecified atom stereocenters. The van der Waals surface area contributed by atoms with Crippen LogP contribution in [0.4, 0.5) is 8.78 Å². The highest BCUT2D eigenvalue weighted by Gasteiger charge is 2.05. The first kappa shape index (κ1) is 9.58. The van der Waals surface area contributed by atoms with Crippen molar-refractivity contribution in [1.82, 2.24) is 4.98 Å². The summed E-state index contributed by atoms with van der Waals surface area (Å²) in [6.45, 7) is 0. The molecule has 0 fully saturated rings. The lowest BCUT2D eigenvalue weighted by atomic mass is 10.3. The van der Waals surface area contributed by atoms with Crippen molar-refractivity contribution in [2.45, 2.75) is 0 Å². The van der Waals surface area contributed by atoms with E-state index >= 15 is 0 Å². The standard InChI is InChI=1S/C11H7F2NO/c12-8-3-4-10(13)11(6-8)15-9-2-1-5-14-7-9/h1-7H. The Morgan fingerprint density at radius 1 is 1.13 bits per heavy atom. The van der Waals surface area contributed by atoms with Gasteiger partial charge in [0.25, 0.3) is 0 Å². The summed E-state index contributed by atoms with van der Waals surface area (Å²) in [5, 5.41) is 0. The summed E-state index contributed by atoms with van der Waals surface area (Å²) >= 11 is 0. The maximum atomic E-state index is 13.1. The number of pyridine rings is 1. The second kappa shape index (κ2) is 4.04. The Bertz CT molecular complexity index is 459. The molecule has 4 heteroatoms. The lowest BCUT2D eigenvalue weighted by Crippen LogP contribution is -1.89. The van der Waals surface area contributed by atoms with E-state index in [1.54, 1.807) is 18.3 Å². The molecule has 0 aliphatic rings. The zero-order chi connectivity index (χ0) is 10.7. The summed E-state index contributed by atoms with van der Waals surface area (Å²) < 4.78 is 31.0. The first-order valence-corrected chi connectivity index (χ1v) is 4.28. The number of benzene rings is 1. The van der Waals surface area contributed by atoms with Crippen LogP contribution in [0.5, 0.6) is 11.5 Å². The Morgan fingerprint density at radius 2 is 2.00 bits per heavy atom. The van der Waals surface area contributed by atoms with E-state index in [1.165, 1.54) is 6.20 Å². The second-order valence-electron chi connectivity index (χ2n) is 2.87. The lowest BCUT2D eigenvalue weighted by molar-refractivity contribution is 0.435. The number of halogens is 2. The average Bonchev–Trinajstić information content (AvgIpc) is 2.25. The van der Waals surface area contributed by atoms with E-state index in [-0.39, 0.29) is 5.75 Å². The molecule has 0 saturated carbocycles. The normalized spacial score (nSPS) is 10.0. The Labute approximate surface area is 85.2 Å². The van der Waals surface area contributed by atoms with Crippen molar-refractivity contribution in [3.8, 4) is 11.5 Å². The first-order chi connectivity index (χ1) is 7.25. The van der Waals surface area contributed by atoms with Gasteiger partial charge < -0.3 is 4.74 Å². The van der Waals surface area contributed by atoms with Gasteiger partial charge in [0.2, 0.25) is 0 Å². The van der Waals surface area contributed by atoms with Crippen LogP contribution in [-0.2, 0) is 0 Å². The summed E-state index contributed by atoms with van der Waals surface area (Å²) in [4.78, 5) is 3.79. The molecule has 0 atom stereocenters. The molecular weight excluding hydrogens is 200 g/mol. The number of nitrogens with zero attached hydrogens (tertiary/aromatic N) is 1. The molecule has 76 valence electrons. The molecule has 15 heavy (non-hydrogen) atoms. The summed E-state index contributed by atoms with van der Waals surface area (Å²) in [7, 11) is 0. The largest absolute Gasteiger partial charge is 0.453 e. The maximum Gasteiger partial charge on any atom is 0.166 e. The third-order valence-corrected chi connectivity index (χ3v) is 1.76. The summed E-state index contributed by atoms with van der Waals surface area (Å²) in [5.41, 5.74) is 0. The average molecular weight is 207 g/mol. The monoisotopic (exact) mass is 207 g/mol. The van der Waals surface area contributed by atoms with Gasteiger partial charge in [-0.3, -0.25) is 4.98 Å². The van der Waals surface area contributed by atoms with E-state index in [0.29, 0.717) is 5.75 Å². The molecule has 2 aromatic rings. The molecule has 1 heterocycles. The Balaban J connectivity index is 2.28. The minimum Gasteiger partial charge on any atom is -0.453 e. The van der Waals surface area contributed by atoms with E-state index in [2.05, 4.69) is 4.98 Å². The van der Waals surface area contributed by atoms with Crippen LogP contribution in [0.1, 0.15) is 0 Å². The predicted molar refractivity (Wildman–Crippen MR) is 50.7 cm³/mol. The molecule has 0 amide bonds. The number of ether oxygens (including phenoxy) is 1. The smallest absolute Gasteiger partial charge is 0.166 e. The SMILES string of the molecule is Fc1ccc(F)c(Oc2cccnc2)c1. The van der Waals surface area contributed by atoms with Crippen LogP contribution in [0.15, 0.2) is 42.7 Å². The van der Waals surface area contributed by atoms with Crippen LogP contribution in [0.2, 0.25) is 0 Å². The van der Waals surface area contributed by atoms with Crippen LogP contribution < -0.4 is 4.74 Å². The van der Waals surface area contributed by atoms with Gasteiger partial charge in [0.05, 0.1) is 6.20 Å². The van der Waals surface area contributed by atoms with Crippen molar-refractivity contribution in [3.63, 3.8) is 0 Å². The van der Waals surface area contributed by atoms with Crippen LogP contribution >= 0.6 is 0 Å². The molecule has 1 aromatic carbocycles. The van der Waals surface area contributed by atoms with E-state index in [4.69, 9.17) is 4.74 Å². The Kier molecular flexibility index (Phi) is 2.58. The molecular formula is C11H7F2NO. The molecule has 2 nitrogen and oxygen atoms in total. The fraction of sp³-hybridized carbons (Fsp3) is 0. The van der Waals surface area contributed by atoms with Crippen LogP contribution in [-0.4, -0.2) is 4.98 Å². The lowest BCUT2D eigenvalue weighted by Gasteiger charge is -2.05. The van der Waals surface area contributed by atoms with Gasteiger partial charge in [-0.05, 0) is 24.3 Å². The Hall–Kier alpha value is -1.97. The Morgan fingerprint density at radius 3 is 2.73 bits per heavy atom. The zero-order valence-corrected chi connectivity index (χ0v) is 7.65. The molecule has 0 aliphatic heterocycles. The minimum atomic E-state index is -0.611. The number of hydrogen-bond acceptors (Lipinski definition) is 2.